The van der Waals surface area contributed by atoms with Crippen LogP contribution in [0.15, 0.2) is 47.2 Å². The van der Waals surface area contributed by atoms with Crippen LogP contribution in [0.25, 0.3) is 6.08 Å². The molecule has 0 bridgehead atoms. The number of amides is 1. The number of ether oxygens (including phenoxy) is 1. The summed E-state index contributed by atoms with van der Waals surface area (Å²) in [5, 5.41) is 6.40. The molecule has 0 saturated heterocycles. The monoisotopic (exact) mass is 523 g/mol. The standard InChI is InChI=1S/C30H38FN3O4/c1-19(2)34-18-23(30(37)33-25(14-15-28(35)38-3)20-10-6-4-7-11-20)29(36)22-16-24(31)26(17-27(22)34)32-21-12-8-5-9-13-21/h4,6-7,10-11,16,18-19,21,25-26,32H,5,8-9,12-15,17H2,1-3H3,(H,33,37)/t25-,26?/m0/s1. The van der Waals surface area contributed by atoms with Crippen molar-refractivity contribution in [3.05, 3.63) is 75.0 Å². The SMILES string of the molecule is COC(=O)CC[C@H](NC(=O)c1cn(C(C)C)c2c(c1=O)C=C(F)C(NC1CCCCC1)C2)c1ccccc1. The molecule has 1 amide bonds. The zero-order valence-electron chi connectivity index (χ0n) is 22.5. The number of benzene rings is 1. The van der Waals surface area contributed by atoms with Crippen LogP contribution in [0.3, 0.4) is 0 Å². The zero-order valence-corrected chi connectivity index (χ0v) is 22.5. The molecule has 2 aliphatic carbocycles. The summed E-state index contributed by atoms with van der Waals surface area (Å²) in [6.07, 6.45) is 9.26. The Hall–Kier alpha value is -3.26. The predicted octanol–water partition coefficient (Wildman–Crippen LogP) is 5.01. The van der Waals surface area contributed by atoms with Gasteiger partial charge in [0.15, 0.2) is 0 Å². The Bertz CT molecular complexity index is 1230. The molecule has 2 aromatic rings. The molecule has 204 valence electrons. The van der Waals surface area contributed by atoms with E-state index in [2.05, 4.69) is 10.6 Å². The van der Waals surface area contributed by atoms with Crippen molar-refractivity contribution in [2.75, 3.05) is 7.11 Å². The molecule has 1 saturated carbocycles. The Balaban J connectivity index is 1.63. The summed E-state index contributed by atoms with van der Waals surface area (Å²) in [7, 11) is 1.32. The number of rotatable bonds is 9. The average molecular weight is 524 g/mol. The van der Waals surface area contributed by atoms with E-state index in [0.29, 0.717) is 12.8 Å². The highest BCUT2D eigenvalue weighted by Gasteiger charge is 2.31. The highest BCUT2D eigenvalue weighted by molar-refractivity contribution is 5.95. The minimum absolute atomic E-state index is 0.0370. The van der Waals surface area contributed by atoms with E-state index in [1.807, 2.05) is 48.7 Å². The molecule has 1 aromatic heterocycles. The highest BCUT2D eigenvalue weighted by Crippen LogP contribution is 2.28. The third-order valence-electron chi connectivity index (χ3n) is 7.61. The van der Waals surface area contributed by atoms with Gasteiger partial charge in [-0.2, -0.15) is 0 Å². The van der Waals surface area contributed by atoms with Crippen LogP contribution in [0.4, 0.5) is 4.39 Å². The molecule has 0 aliphatic heterocycles. The lowest BCUT2D eigenvalue weighted by atomic mass is 9.91. The van der Waals surface area contributed by atoms with E-state index in [1.165, 1.54) is 19.6 Å². The van der Waals surface area contributed by atoms with Crippen LogP contribution in [0.1, 0.15) is 98.1 Å². The Morgan fingerprint density at radius 2 is 1.84 bits per heavy atom. The normalized spacial score (nSPS) is 18.4. The van der Waals surface area contributed by atoms with Crippen LogP contribution in [0.2, 0.25) is 0 Å². The predicted molar refractivity (Wildman–Crippen MR) is 146 cm³/mol. The van der Waals surface area contributed by atoms with Gasteiger partial charge in [-0.3, -0.25) is 14.4 Å². The first-order chi connectivity index (χ1) is 18.3. The average Bonchev–Trinajstić information content (AvgIpc) is 2.92. The molecule has 38 heavy (non-hydrogen) atoms. The Morgan fingerprint density at radius 1 is 1.13 bits per heavy atom. The lowest BCUT2D eigenvalue weighted by Crippen LogP contribution is -2.44. The van der Waals surface area contributed by atoms with Crippen LogP contribution in [0, 0.1) is 0 Å². The van der Waals surface area contributed by atoms with Crippen molar-refractivity contribution in [1.82, 2.24) is 15.2 Å². The summed E-state index contributed by atoms with van der Waals surface area (Å²) in [5.74, 6) is -1.30. The molecule has 8 heteroatoms. The number of nitrogens with zero attached hydrogens (tertiary/aromatic N) is 1. The fourth-order valence-electron chi connectivity index (χ4n) is 5.51. The van der Waals surface area contributed by atoms with Crippen LogP contribution < -0.4 is 16.1 Å². The van der Waals surface area contributed by atoms with Crippen LogP contribution in [0.5, 0.6) is 0 Å². The molecule has 2 atom stereocenters. The van der Waals surface area contributed by atoms with Crippen molar-refractivity contribution in [2.24, 2.45) is 0 Å². The number of carbonyl (C=O) groups is 2. The number of esters is 1. The van der Waals surface area contributed by atoms with Crippen molar-refractivity contribution in [3.8, 4) is 0 Å². The minimum Gasteiger partial charge on any atom is -0.469 e. The molecule has 1 aromatic carbocycles. The van der Waals surface area contributed by atoms with Gasteiger partial charge in [-0.15, -0.1) is 0 Å². The van der Waals surface area contributed by atoms with Crippen molar-refractivity contribution in [2.45, 2.75) is 89.4 Å². The number of hydrogen-bond donors (Lipinski definition) is 2. The molecule has 1 fully saturated rings. The summed E-state index contributed by atoms with van der Waals surface area (Å²) in [6.45, 7) is 3.96. The maximum atomic E-state index is 15.3. The zero-order chi connectivity index (χ0) is 27.2. The van der Waals surface area contributed by atoms with Gasteiger partial charge in [0.05, 0.1) is 19.2 Å². The summed E-state index contributed by atoms with van der Waals surface area (Å²) >= 11 is 0. The number of pyridine rings is 1. The lowest BCUT2D eigenvalue weighted by Gasteiger charge is -2.32. The quantitative estimate of drug-likeness (QED) is 0.451. The first-order valence-corrected chi connectivity index (χ1v) is 13.6. The topological polar surface area (TPSA) is 89.4 Å². The second kappa shape index (κ2) is 12.5. The van der Waals surface area contributed by atoms with Gasteiger partial charge in [0.1, 0.15) is 11.4 Å². The fourth-order valence-corrected chi connectivity index (χ4v) is 5.51. The number of carbonyl (C=O) groups excluding carboxylic acids is 2. The Kier molecular flexibility index (Phi) is 9.15. The first-order valence-electron chi connectivity index (χ1n) is 13.6. The minimum atomic E-state index is -0.554. The second-order valence-electron chi connectivity index (χ2n) is 10.6. The third-order valence-corrected chi connectivity index (χ3v) is 7.61. The van der Waals surface area contributed by atoms with Gasteiger partial charge in [0.25, 0.3) is 5.91 Å². The summed E-state index contributed by atoms with van der Waals surface area (Å²) < 4.78 is 22.0. The van der Waals surface area contributed by atoms with E-state index in [0.717, 1.165) is 36.9 Å². The largest absolute Gasteiger partial charge is 0.469 e. The molecule has 1 heterocycles. The molecular weight excluding hydrogens is 485 g/mol. The molecule has 0 spiro atoms. The number of fused-ring (bicyclic) bond motifs is 1. The number of nitrogens with one attached hydrogen (secondary N) is 2. The van der Waals surface area contributed by atoms with E-state index in [4.69, 9.17) is 4.74 Å². The highest BCUT2D eigenvalue weighted by atomic mass is 19.1. The fraction of sp³-hybridized carbons (Fsp3) is 0.500. The number of halogens is 1. The van der Waals surface area contributed by atoms with Gasteiger partial charge in [0, 0.05) is 42.4 Å². The van der Waals surface area contributed by atoms with E-state index >= 15 is 4.39 Å². The maximum absolute atomic E-state index is 15.3. The molecule has 4 rings (SSSR count). The summed E-state index contributed by atoms with van der Waals surface area (Å²) in [6, 6.07) is 8.55. The molecular formula is C30H38FN3O4. The van der Waals surface area contributed by atoms with Crippen molar-refractivity contribution in [1.29, 1.82) is 0 Å². The summed E-state index contributed by atoms with van der Waals surface area (Å²) in [5.41, 5.74) is 1.26. The molecule has 1 unspecified atom stereocenters. The Morgan fingerprint density at radius 3 is 2.50 bits per heavy atom. The van der Waals surface area contributed by atoms with E-state index in [1.54, 1.807) is 6.20 Å². The summed E-state index contributed by atoms with van der Waals surface area (Å²) in [4.78, 5) is 38.8. The van der Waals surface area contributed by atoms with Crippen LogP contribution in [-0.4, -0.2) is 35.6 Å². The third kappa shape index (κ3) is 6.41. The van der Waals surface area contributed by atoms with E-state index in [-0.39, 0.29) is 41.4 Å². The van der Waals surface area contributed by atoms with Gasteiger partial charge in [-0.1, -0.05) is 49.6 Å². The van der Waals surface area contributed by atoms with E-state index in [9.17, 15) is 14.4 Å². The van der Waals surface area contributed by atoms with Gasteiger partial charge in [0.2, 0.25) is 5.43 Å². The number of methoxy groups -OCH3 is 1. The molecule has 7 nitrogen and oxygen atoms in total. The Labute approximate surface area is 223 Å². The first kappa shape index (κ1) is 27.8. The van der Waals surface area contributed by atoms with Crippen LogP contribution in [-0.2, 0) is 16.0 Å². The lowest BCUT2D eigenvalue weighted by molar-refractivity contribution is -0.140. The smallest absolute Gasteiger partial charge is 0.305 e. The van der Waals surface area contributed by atoms with Gasteiger partial charge < -0.3 is 19.9 Å². The van der Waals surface area contributed by atoms with E-state index < -0.39 is 23.4 Å². The van der Waals surface area contributed by atoms with Crippen LogP contribution >= 0.6 is 0 Å². The second-order valence-corrected chi connectivity index (χ2v) is 10.6. The van der Waals surface area contributed by atoms with Gasteiger partial charge in [-0.25, -0.2) is 4.39 Å². The molecule has 0 radical (unpaired) electrons. The molecule has 2 aliphatic rings. The molecule has 2 N–H and O–H groups in total. The van der Waals surface area contributed by atoms with Gasteiger partial charge in [-0.05, 0) is 44.7 Å². The van der Waals surface area contributed by atoms with Crippen molar-refractivity contribution < 1.29 is 18.7 Å². The number of aromatic nitrogens is 1. The van der Waals surface area contributed by atoms with Gasteiger partial charge >= 0.3 is 5.97 Å². The number of hydrogen-bond acceptors (Lipinski definition) is 5. The maximum Gasteiger partial charge on any atom is 0.305 e. The van der Waals surface area contributed by atoms with Crippen molar-refractivity contribution >= 4 is 18.0 Å². The van der Waals surface area contributed by atoms with Crippen molar-refractivity contribution in [3.63, 3.8) is 0 Å².